The third-order valence-corrected chi connectivity index (χ3v) is 4.45. The molecule has 0 fully saturated rings. The maximum absolute atomic E-state index is 6.01. The molecule has 0 unspecified atom stereocenters. The molecule has 0 aliphatic carbocycles. The lowest BCUT2D eigenvalue weighted by Crippen LogP contribution is -2.01. The second-order valence-electron chi connectivity index (χ2n) is 6.15. The van der Waals surface area contributed by atoms with Crippen LogP contribution in [0.25, 0.3) is 10.9 Å². The van der Waals surface area contributed by atoms with E-state index in [1.807, 2.05) is 42.5 Å². The van der Waals surface area contributed by atoms with Crippen LogP contribution < -0.4 is 20.1 Å². The fourth-order valence-corrected chi connectivity index (χ4v) is 3.01. The van der Waals surface area contributed by atoms with Crippen LogP contribution in [0.4, 0.5) is 23.1 Å². The van der Waals surface area contributed by atoms with Crippen molar-refractivity contribution in [1.82, 2.24) is 15.0 Å². The molecule has 2 N–H and O–H groups in total. The number of halogens is 1. The minimum Gasteiger partial charge on any atom is -0.493 e. The van der Waals surface area contributed by atoms with Gasteiger partial charge in [0.15, 0.2) is 11.5 Å². The van der Waals surface area contributed by atoms with E-state index in [0.717, 1.165) is 22.3 Å². The van der Waals surface area contributed by atoms with Gasteiger partial charge in [-0.05, 0) is 36.4 Å². The Morgan fingerprint density at radius 1 is 0.828 bits per heavy atom. The van der Waals surface area contributed by atoms with Crippen LogP contribution >= 0.6 is 11.6 Å². The number of nitrogens with one attached hydrogen (secondary N) is 2. The van der Waals surface area contributed by atoms with Gasteiger partial charge in [0, 0.05) is 28.4 Å². The van der Waals surface area contributed by atoms with Gasteiger partial charge in [-0.15, -0.1) is 0 Å². The van der Waals surface area contributed by atoms with Gasteiger partial charge in [-0.2, -0.15) is 4.98 Å². The highest BCUT2D eigenvalue weighted by Gasteiger charge is 2.07. The average Bonchev–Trinajstić information content (AvgIpc) is 2.74. The molecule has 2 heterocycles. The summed E-state index contributed by atoms with van der Waals surface area (Å²) in [5, 5.41) is 8.05. The van der Waals surface area contributed by atoms with Crippen molar-refractivity contribution >= 4 is 45.6 Å². The molecule has 0 spiro atoms. The van der Waals surface area contributed by atoms with Gasteiger partial charge in [-0.3, -0.25) is 4.98 Å². The first-order chi connectivity index (χ1) is 14.1. The summed E-state index contributed by atoms with van der Waals surface area (Å²) in [4.78, 5) is 13.2. The molecule has 0 aliphatic heterocycles. The molecular formula is C21H18ClN5O2. The monoisotopic (exact) mass is 407 g/mol. The Hall–Kier alpha value is -3.58. The van der Waals surface area contributed by atoms with E-state index in [2.05, 4.69) is 25.6 Å². The average molecular weight is 408 g/mol. The van der Waals surface area contributed by atoms with E-state index >= 15 is 0 Å². The molecule has 29 heavy (non-hydrogen) atoms. The number of benzene rings is 2. The van der Waals surface area contributed by atoms with Crippen LogP contribution in [0, 0.1) is 0 Å². The van der Waals surface area contributed by atoms with Crippen molar-refractivity contribution in [2.75, 3.05) is 24.9 Å². The predicted octanol–water partition coefficient (Wildman–Crippen LogP) is 5.18. The molecule has 0 amide bonds. The minimum atomic E-state index is 0.447. The van der Waals surface area contributed by atoms with Crippen molar-refractivity contribution < 1.29 is 9.47 Å². The number of methoxy groups -OCH3 is 2. The van der Waals surface area contributed by atoms with Crippen LogP contribution in [0.15, 0.2) is 60.9 Å². The van der Waals surface area contributed by atoms with Crippen LogP contribution in [0.1, 0.15) is 0 Å². The zero-order chi connectivity index (χ0) is 20.2. The summed E-state index contributed by atoms with van der Waals surface area (Å²) in [6.45, 7) is 0. The molecule has 2 aromatic carbocycles. The van der Waals surface area contributed by atoms with E-state index in [1.165, 1.54) is 0 Å². The van der Waals surface area contributed by atoms with Crippen molar-refractivity contribution in [1.29, 1.82) is 0 Å². The summed E-state index contributed by atoms with van der Waals surface area (Å²) < 4.78 is 10.6. The first-order valence-corrected chi connectivity index (χ1v) is 9.17. The zero-order valence-corrected chi connectivity index (χ0v) is 16.6. The molecule has 4 rings (SSSR count). The van der Waals surface area contributed by atoms with Gasteiger partial charge in [-0.1, -0.05) is 17.7 Å². The van der Waals surface area contributed by atoms with E-state index in [1.54, 1.807) is 32.7 Å². The molecular weight excluding hydrogens is 390 g/mol. The van der Waals surface area contributed by atoms with Gasteiger partial charge in [-0.25, -0.2) is 4.98 Å². The highest BCUT2D eigenvalue weighted by molar-refractivity contribution is 6.31. The third kappa shape index (κ3) is 4.30. The lowest BCUT2D eigenvalue weighted by molar-refractivity contribution is 0.355. The molecule has 8 heteroatoms. The smallest absolute Gasteiger partial charge is 0.229 e. The molecule has 2 aromatic heterocycles. The molecule has 0 saturated heterocycles. The molecule has 0 atom stereocenters. The Bertz CT molecular complexity index is 1170. The Kier molecular flexibility index (Phi) is 5.31. The maximum atomic E-state index is 6.01. The highest BCUT2D eigenvalue weighted by Crippen LogP contribution is 2.30. The molecule has 4 aromatic rings. The van der Waals surface area contributed by atoms with Crippen molar-refractivity contribution in [3.8, 4) is 11.5 Å². The molecule has 0 radical (unpaired) electrons. The fraction of sp³-hybridized carbons (Fsp3) is 0.0952. The summed E-state index contributed by atoms with van der Waals surface area (Å²) >= 11 is 6.01. The second kappa shape index (κ2) is 8.20. The fourth-order valence-electron chi connectivity index (χ4n) is 2.84. The number of ether oxygens (including phenoxy) is 2. The summed E-state index contributed by atoms with van der Waals surface area (Å²) in [6.07, 6.45) is 3.41. The Morgan fingerprint density at radius 2 is 1.69 bits per heavy atom. The van der Waals surface area contributed by atoms with E-state index in [-0.39, 0.29) is 0 Å². The number of fused-ring (bicyclic) bond motifs is 1. The van der Waals surface area contributed by atoms with E-state index in [4.69, 9.17) is 21.1 Å². The Balaban J connectivity index is 1.54. The van der Waals surface area contributed by atoms with Gasteiger partial charge in [0.05, 0.1) is 31.6 Å². The zero-order valence-electron chi connectivity index (χ0n) is 15.8. The number of aromatic nitrogens is 3. The summed E-state index contributed by atoms with van der Waals surface area (Å²) in [5.74, 6) is 2.36. The van der Waals surface area contributed by atoms with Crippen LogP contribution in [-0.4, -0.2) is 29.2 Å². The lowest BCUT2D eigenvalue weighted by Gasteiger charge is -2.11. The number of pyridine rings is 1. The van der Waals surface area contributed by atoms with Gasteiger partial charge in [0.1, 0.15) is 5.82 Å². The van der Waals surface area contributed by atoms with Crippen molar-refractivity contribution in [2.24, 2.45) is 0 Å². The molecule has 0 aliphatic rings. The van der Waals surface area contributed by atoms with E-state index in [0.29, 0.717) is 28.3 Å². The number of rotatable bonds is 6. The van der Waals surface area contributed by atoms with Crippen LogP contribution in [0.3, 0.4) is 0 Å². The number of hydrogen-bond donors (Lipinski definition) is 2. The highest BCUT2D eigenvalue weighted by atomic mass is 35.5. The molecule has 7 nitrogen and oxygen atoms in total. The van der Waals surface area contributed by atoms with Crippen molar-refractivity contribution in [3.63, 3.8) is 0 Å². The van der Waals surface area contributed by atoms with Crippen molar-refractivity contribution in [3.05, 3.63) is 65.9 Å². The van der Waals surface area contributed by atoms with E-state index in [9.17, 15) is 0 Å². The summed E-state index contributed by atoms with van der Waals surface area (Å²) in [5.41, 5.74) is 2.43. The molecule has 146 valence electrons. The lowest BCUT2D eigenvalue weighted by atomic mass is 10.2. The van der Waals surface area contributed by atoms with Crippen LogP contribution in [0.2, 0.25) is 5.02 Å². The summed E-state index contributed by atoms with van der Waals surface area (Å²) in [6, 6.07) is 14.9. The third-order valence-electron chi connectivity index (χ3n) is 4.21. The number of anilines is 4. The predicted molar refractivity (Wildman–Crippen MR) is 115 cm³/mol. The molecule has 0 bridgehead atoms. The van der Waals surface area contributed by atoms with Gasteiger partial charge < -0.3 is 20.1 Å². The Morgan fingerprint density at radius 3 is 2.52 bits per heavy atom. The number of hydrogen-bond acceptors (Lipinski definition) is 7. The maximum Gasteiger partial charge on any atom is 0.229 e. The molecule has 0 saturated carbocycles. The van der Waals surface area contributed by atoms with Gasteiger partial charge in [0.25, 0.3) is 0 Å². The normalized spacial score (nSPS) is 10.6. The minimum absolute atomic E-state index is 0.447. The Labute approximate surface area is 172 Å². The second-order valence-corrected chi connectivity index (χ2v) is 6.58. The van der Waals surface area contributed by atoms with Crippen LogP contribution in [0.5, 0.6) is 11.5 Å². The van der Waals surface area contributed by atoms with Gasteiger partial charge >= 0.3 is 0 Å². The van der Waals surface area contributed by atoms with Crippen molar-refractivity contribution in [2.45, 2.75) is 0 Å². The SMILES string of the molecule is COc1ccc(Nc2nccc(Nc3cnc4cc(Cl)ccc4c3)n2)cc1OC. The first-order valence-electron chi connectivity index (χ1n) is 8.79. The summed E-state index contributed by atoms with van der Waals surface area (Å²) in [7, 11) is 3.19. The standard InChI is InChI=1S/C21H18ClN5O2/c1-28-18-6-5-15(11-19(18)29-2)26-21-23-8-7-20(27-21)25-16-9-13-3-4-14(22)10-17(13)24-12-16/h3-12H,1-2H3,(H2,23,25,26,27). The largest absolute Gasteiger partial charge is 0.493 e. The van der Waals surface area contributed by atoms with E-state index < -0.39 is 0 Å². The van der Waals surface area contributed by atoms with Gasteiger partial charge in [0.2, 0.25) is 5.95 Å². The topological polar surface area (TPSA) is 81.2 Å². The van der Waals surface area contributed by atoms with Crippen LogP contribution in [-0.2, 0) is 0 Å². The number of nitrogens with zero attached hydrogens (tertiary/aromatic N) is 3. The first kappa shape index (κ1) is 18.8. The quantitative estimate of drug-likeness (QED) is 0.455.